The van der Waals surface area contributed by atoms with E-state index in [9.17, 15) is 18.0 Å². The summed E-state index contributed by atoms with van der Waals surface area (Å²) in [5.41, 5.74) is 1.82. The molecule has 3 aromatic carbocycles. The van der Waals surface area contributed by atoms with Gasteiger partial charge in [-0.2, -0.15) is 0 Å². The molecule has 0 bridgehead atoms. The van der Waals surface area contributed by atoms with E-state index in [-0.39, 0.29) is 28.1 Å². The number of amides is 2. The molecule has 202 valence electrons. The van der Waals surface area contributed by atoms with Crippen molar-refractivity contribution in [1.82, 2.24) is 10.2 Å². The molecular formula is C28H32ClN3O5S. The van der Waals surface area contributed by atoms with Gasteiger partial charge < -0.3 is 15.0 Å². The van der Waals surface area contributed by atoms with E-state index >= 15 is 0 Å². The maximum Gasteiger partial charge on any atom is 0.264 e. The number of nitrogens with one attached hydrogen (secondary N) is 1. The summed E-state index contributed by atoms with van der Waals surface area (Å²) >= 11 is 6.41. The van der Waals surface area contributed by atoms with Crippen molar-refractivity contribution < 1.29 is 22.7 Å². The van der Waals surface area contributed by atoms with E-state index < -0.39 is 28.5 Å². The van der Waals surface area contributed by atoms with Gasteiger partial charge in [-0.1, -0.05) is 60.5 Å². The number of carbonyl (C=O) groups is 2. The van der Waals surface area contributed by atoms with Crippen LogP contribution in [-0.4, -0.2) is 51.9 Å². The summed E-state index contributed by atoms with van der Waals surface area (Å²) in [6.45, 7) is 3.19. The van der Waals surface area contributed by atoms with Crippen LogP contribution in [0, 0.1) is 6.92 Å². The fourth-order valence-corrected chi connectivity index (χ4v) is 5.74. The molecule has 0 radical (unpaired) electrons. The number of halogens is 1. The summed E-state index contributed by atoms with van der Waals surface area (Å²) in [6.07, 6.45) is 0.332. The lowest BCUT2D eigenvalue weighted by molar-refractivity contribution is -0.140. The van der Waals surface area contributed by atoms with Gasteiger partial charge in [0.15, 0.2) is 0 Å². The number of hydrogen-bond donors (Lipinski definition) is 1. The topological polar surface area (TPSA) is 96.0 Å². The van der Waals surface area contributed by atoms with E-state index in [0.717, 1.165) is 15.4 Å². The second kappa shape index (κ2) is 12.8. The van der Waals surface area contributed by atoms with E-state index in [2.05, 4.69) is 5.32 Å². The Morgan fingerprint density at radius 1 is 1.00 bits per heavy atom. The molecule has 1 N–H and O–H groups in total. The molecule has 0 aromatic heterocycles. The minimum Gasteiger partial charge on any atom is -0.497 e. The molecule has 0 aliphatic heterocycles. The third kappa shape index (κ3) is 6.65. The van der Waals surface area contributed by atoms with Crippen molar-refractivity contribution in [3.8, 4) is 5.75 Å². The number of carbonyl (C=O) groups excluding carboxylic acids is 2. The van der Waals surface area contributed by atoms with Crippen molar-refractivity contribution in [1.29, 1.82) is 0 Å². The smallest absolute Gasteiger partial charge is 0.264 e. The van der Waals surface area contributed by atoms with Crippen LogP contribution in [0.2, 0.25) is 5.02 Å². The molecule has 0 fully saturated rings. The average Bonchev–Trinajstić information content (AvgIpc) is 2.92. The van der Waals surface area contributed by atoms with Gasteiger partial charge in [-0.15, -0.1) is 0 Å². The minimum atomic E-state index is -4.18. The van der Waals surface area contributed by atoms with Crippen LogP contribution < -0.4 is 14.4 Å². The van der Waals surface area contributed by atoms with E-state index in [1.54, 1.807) is 74.7 Å². The van der Waals surface area contributed by atoms with Gasteiger partial charge in [-0.05, 0) is 55.3 Å². The first kappa shape index (κ1) is 29.0. The Morgan fingerprint density at radius 2 is 1.63 bits per heavy atom. The molecule has 3 aromatic rings. The molecule has 8 nitrogen and oxygen atoms in total. The Hall–Kier alpha value is -3.56. The van der Waals surface area contributed by atoms with Gasteiger partial charge >= 0.3 is 0 Å². The lowest BCUT2D eigenvalue weighted by Gasteiger charge is -2.33. The van der Waals surface area contributed by atoms with Crippen LogP contribution in [-0.2, 0) is 26.2 Å². The predicted molar refractivity (Wildman–Crippen MR) is 149 cm³/mol. The number of ether oxygens (including phenoxy) is 1. The standard InChI is InChI=1S/C28H32ClN3O5S/c1-5-25(28(34)30-3)31(18-21-12-14-22(37-4)15-13-21)27(33)19-32(26-9-7-6-8-24(26)29)38(35,36)23-16-10-20(2)11-17-23/h6-17,25H,5,18-19H2,1-4H3,(H,30,34)/t25-/m0/s1. The minimum absolute atomic E-state index is 0.0240. The van der Waals surface area contributed by atoms with E-state index in [0.29, 0.717) is 12.2 Å². The summed E-state index contributed by atoms with van der Waals surface area (Å²) in [4.78, 5) is 28.1. The average molecular weight is 558 g/mol. The highest BCUT2D eigenvalue weighted by Gasteiger charge is 2.34. The van der Waals surface area contributed by atoms with Crippen LogP contribution in [0.25, 0.3) is 0 Å². The monoisotopic (exact) mass is 557 g/mol. The van der Waals surface area contributed by atoms with E-state index in [4.69, 9.17) is 16.3 Å². The highest BCUT2D eigenvalue weighted by molar-refractivity contribution is 7.92. The number of likely N-dealkylation sites (N-methyl/N-ethyl adjacent to an activating group) is 1. The molecule has 3 rings (SSSR count). The summed E-state index contributed by atoms with van der Waals surface area (Å²) in [7, 11) is -1.12. The number of benzene rings is 3. The second-order valence-electron chi connectivity index (χ2n) is 8.68. The van der Waals surface area contributed by atoms with Crippen LogP contribution in [0.1, 0.15) is 24.5 Å². The summed E-state index contributed by atoms with van der Waals surface area (Å²) in [5, 5.41) is 2.78. The normalized spacial score (nSPS) is 11.9. The van der Waals surface area contributed by atoms with Gasteiger partial charge in [-0.3, -0.25) is 13.9 Å². The SMILES string of the molecule is CC[C@@H](C(=O)NC)N(Cc1ccc(OC)cc1)C(=O)CN(c1ccccc1Cl)S(=O)(=O)c1ccc(C)cc1. The van der Waals surface area contributed by atoms with Crippen molar-refractivity contribution in [2.24, 2.45) is 0 Å². The summed E-state index contributed by atoms with van der Waals surface area (Å²) in [6, 6.07) is 19.1. The van der Waals surface area contributed by atoms with Gasteiger partial charge in [0.2, 0.25) is 11.8 Å². The third-order valence-electron chi connectivity index (χ3n) is 6.15. The molecule has 10 heteroatoms. The van der Waals surface area contributed by atoms with Crippen LogP contribution in [0.3, 0.4) is 0 Å². The van der Waals surface area contributed by atoms with Gasteiger partial charge in [0, 0.05) is 13.6 Å². The van der Waals surface area contributed by atoms with Crippen LogP contribution in [0.15, 0.2) is 77.7 Å². The zero-order valence-corrected chi connectivity index (χ0v) is 23.4. The lowest BCUT2D eigenvalue weighted by atomic mass is 10.1. The molecule has 38 heavy (non-hydrogen) atoms. The second-order valence-corrected chi connectivity index (χ2v) is 11.0. The molecule has 0 aliphatic rings. The van der Waals surface area contributed by atoms with E-state index in [1.165, 1.54) is 24.1 Å². The summed E-state index contributed by atoms with van der Waals surface area (Å²) in [5.74, 6) is -0.244. The van der Waals surface area contributed by atoms with Crippen LogP contribution >= 0.6 is 11.6 Å². The largest absolute Gasteiger partial charge is 0.497 e. The molecule has 0 aliphatic carbocycles. The summed E-state index contributed by atoms with van der Waals surface area (Å²) < 4.78 is 33.8. The highest BCUT2D eigenvalue weighted by atomic mass is 35.5. The predicted octanol–water partition coefficient (Wildman–Crippen LogP) is 4.41. The number of nitrogens with zero attached hydrogens (tertiary/aromatic N) is 2. The quantitative estimate of drug-likeness (QED) is 0.377. The maximum absolute atomic E-state index is 13.9. The first-order valence-corrected chi connectivity index (χ1v) is 13.9. The van der Waals surface area contributed by atoms with Crippen molar-refractivity contribution in [2.45, 2.75) is 37.8 Å². The van der Waals surface area contributed by atoms with Crippen molar-refractivity contribution in [3.63, 3.8) is 0 Å². The number of sulfonamides is 1. The Morgan fingerprint density at radius 3 is 2.18 bits per heavy atom. The fourth-order valence-electron chi connectivity index (χ4n) is 4.02. The van der Waals surface area contributed by atoms with Gasteiger partial charge in [0.1, 0.15) is 18.3 Å². The molecule has 0 unspecified atom stereocenters. The molecule has 1 atom stereocenters. The number of rotatable bonds is 11. The highest BCUT2D eigenvalue weighted by Crippen LogP contribution is 2.31. The van der Waals surface area contributed by atoms with Crippen molar-refractivity contribution in [3.05, 3.63) is 88.9 Å². The third-order valence-corrected chi connectivity index (χ3v) is 8.25. The lowest BCUT2D eigenvalue weighted by Crippen LogP contribution is -2.51. The molecule has 2 amide bonds. The molecule has 0 spiro atoms. The number of anilines is 1. The van der Waals surface area contributed by atoms with Crippen LogP contribution in [0.5, 0.6) is 5.75 Å². The van der Waals surface area contributed by atoms with Crippen LogP contribution in [0.4, 0.5) is 5.69 Å². The number of para-hydroxylation sites is 1. The van der Waals surface area contributed by atoms with Crippen molar-refractivity contribution >= 4 is 39.1 Å². The number of methoxy groups -OCH3 is 1. The first-order chi connectivity index (χ1) is 18.1. The first-order valence-electron chi connectivity index (χ1n) is 12.1. The Balaban J connectivity index is 2.06. The maximum atomic E-state index is 13.9. The Labute approximate surface area is 229 Å². The molecule has 0 saturated heterocycles. The Kier molecular flexibility index (Phi) is 9.77. The number of hydrogen-bond acceptors (Lipinski definition) is 5. The van der Waals surface area contributed by atoms with Gasteiger partial charge in [-0.25, -0.2) is 8.42 Å². The van der Waals surface area contributed by atoms with Gasteiger partial charge in [0.05, 0.1) is 22.7 Å². The molecule has 0 heterocycles. The molecular weight excluding hydrogens is 526 g/mol. The zero-order chi connectivity index (χ0) is 27.9. The molecule has 0 saturated carbocycles. The van der Waals surface area contributed by atoms with Crippen molar-refractivity contribution in [2.75, 3.05) is 25.0 Å². The zero-order valence-electron chi connectivity index (χ0n) is 21.8. The fraction of sp³-hybridized carbons (Fsp3) is 0.286. The number of aryl methyl sites for hydroxylation is 1. The Bertz CT molecular complexity index is 1360. The van der Waals surface area contributed by atoms with E-state index in [1.807, 2.05) is 6.92 Å². The van der Waals surface area contributed by atoms with Gasteiger partial charge in [0.25, 0.3) is 10.0 Å².